The third-order valence-electron chi connectivity index (χ3n) is 3.87. The Morgan fingerprint density at radius 2 is 1.96 bits per heavy atom. The maximum Gasteiger partial charge on any atom is 0.362 e. The van der Waals surface area contributed by atoms with E-state index in [4.69, 9.17) is 9.29 Å². The fourth-order valence-electron chi connectivity index (χ4n) is 2.52. The fraction of sp³-hybridized carbons (Fsp3) is 0.400. The van der Waals surface area contributed by atoms with Crippen molar-refractivity contribution < 1.29 is 32.1 Å². The van der Waals surface area contributed by atoms with Crippen molar-refractivity contribution in [1.29, 1.82) is 0 Å². The Morgan fingerprint density at radius 1 is 1.35 bits per heavy atom. The van der Waals surface area contributed by atoms with E-state index in [0.717, 1.165) is 12.7 Å². The summed E-state index contributed by atoms with van der Waals surface area (Å²) in [5, 5.41) is 4.79. The third-order valence-corrected chi connectivity index (χ3v) is 4.72. The van der Waals surface area contributed by atoms with Crippen LogP contribution in [-0.2, 0) is 35.8 Å². The van der Waals surface area contributed by atoms with Crippen LogP contribution >= 0.6 is 0 Å². The van der Waals surface area contributed by atoms with E-state index in [0.29, 0.717) is 0 Å². The summed E-state index contributed by atoms with van der Waals surface area (Å²) in [7, 11) is -3.62. The normalized spacial score (nSPS) is 20.9. The number of nitrogens with one attached hydrogen (secondary N) is 2. The predicted molar refractivity (Wildman–Crippen MR) is 88.9 cm³/mol. The van der Waals surface area contributed by atoms with Crippen LogP contribution in [0.1, 0.15) is 12.5 Å². The molecular weight excluding hydrogens is 366 g/mol. The molecule has 1 aromatic rings. The summed E-state index contributed by atoms with van der Waals surface area (Å²) in [4.78, 5) is 36.0. The van der Waals surface area contributed by atoms with Crippen molar-refractivity contribution in [2.24, 2.45) is 0 Å². The van der Waals surface area contributed by atoms with Gasteiger partial charge < -0.3 is 15.4 Å². The van der Waals surface area contributed by atoms with Crippen LogP contribution in [0, 0.1) is 0 Å². The molecule has 26 heavy (non-hydrogen) atoms. The van der Waals surface area contributed by atoms with Gasteiger partial charge in [0.05, 0.1) is 6.54 Å². The van der Waals surface area contributed by atoms with Crippen molar-refractivity contribution >= 4 is 28.0 Å². The molecule has 10 nitrogen and oxygen atoms in total. The number of amides is 3. The molecule has 0 spiro atoms. The smallest absolute Gasteiger partial charge is 0.349 e. The first kappa shape index (κ1) is 19.8. The van der Waals surface area contributed by atoms with Gasteiger partial charge in [-0.15, -0.1) is 0 Å². The second kappa shape index (κ2) is 7.40. The van der Waals surface area contributed by atoms with Gasteiger partial charge >= 0.3 is 10.3 Å². The summed E-state index contributed by atoms with van der Waals surface area (Å²) in [5.41, 5.74) is -1.15. The maximum atomic E-state index is 12.6. The number of hydrogen-bond acceptors (Lipinski definition) is 6. The fourth-order valence-corrected chi connectivity index (χ4v) is 3.23. The Balaban J connectivity index is 2.15. The zero-order valence-corrected chi connectivity index (χ0v) is 14.9. The second-order valence-electron chi connectivity index (χ2n) is 5.75. The third kappa shape index (κ3) is 4.18. The average molecular weight is 385 g/mol. The van der Waals surface area contributed by atoms with Gasteiger partial charge in [-0.05, 0) is 5.56 Å². The summed E-state index contributed by atoms with van der Waals surface area (Å²) >= 11 is 0. The number of carbonyl (C=O) groups is 3. The zero-order chi connectivity index (χ0) is 19.5. The van der Waals surface area contributed by atoms with Gasteiger partial charge in [-0.3, -0.25) is 18.9 Å². The van der Waals surface area contributed by atoms with Crippen molar-refractivity contribution in [3.05, 3.63) is 35.9 Å². The molecule has 2 atom stereocenters. The number of methoxy groups -OCH3 is 1. The highest BCUT2D eigenvalue weighted by molar-refractivity contribution is 7.84. The highest BCUT2D eigenvalue weighted by atomic mass is 32.2. The van der Waals surface area contributed by atoms with E-state index in [1.165, 1.54) is 6.92 Å². The minimum absolute atomic E-state index is 0.155. The van der Waals surface area contributed by atoms with Gasteiger partial charge in [0.25, 0.3) is 5.91 Å². The molecular formula is C15H19N3O7S. The van der Waals surface area contributed by atoms with Crippen LogP contribution in [0.3, 0.4) is 0 Å². The van der Waals surface area contributed by atoms with Crippen LogP contribution in [-0.4, -0.2) is 60.4 Å². The summed E-state index contributed by atoms with van der Waals surface area (Å²) in [6.45, 7) is 0.664. The van der Waals surface area contributed by atoms with Crippen molar-refractivity contribution in [3.8, 4) is 0 Å². The summed E-state index contributed by atoms with van der Waals surface area (Å²) in [5.74, 6) is -2.31. The van der Waals surface area contributed by atoms with Gasteiger partial charge in [0.2, 0.25) is 17.5 Å². The van der Waals surface area contributed by atoms with Crippen molar-refractivity contribution in [3.63, 3.8) is 0 Å². The molecule has 1 fully saturated rings. The lowest BCUT2D eigenvalue weighted by Crippen LogP contribution is -2.77. The van der Waals surface area contributed by atoms with Gasteiger partial charge in [0.1, 0.15) is 6.04 Å². The van der Waals surface area contributed by atoms with E-state index < -0.39 is 46.3 Å². The summed E-state index contributed by atoms with van der Waals surface area (Å²) < 4.78 is 36.2. The summed E-state index contributed by atoms with van der Waals surface area (Å²) in [6.07, 6.45) is 0.155. The van der Waals surface area contributed by atoms with E-state index in [1.54, 1.807) is 30.3 Å². The molecule has 0 aromatic heterocycles. The molecule has 0 saturated carbocycles. The second-order valence-corrected chi connectivity index (χ2v) is 7.09. The molecule has 1 aliphatic rings. The van der Waals surface area contributed by atoms with Crippen molar-refractivity contribution in [1.82, 2.24) is 14.9 Å². The SMILES string of the molecule is CO[C@]1(NC(=O)[C@@H](Cc2ccccc2)NC(C)=O)CN(S(=O)(=O)O)C1=O. The highest BCUT2D eigenvalue weighted by Crippen LogP contribution is 2.26. The van der Waals surface area contributed by atoms with Gasteiger partial charge in [0.15, 0.2) is 0 Å². The van der Waals surface area contributed by atoms with Crippen molar-refractivity contribution in [2.75, 3.05) is 13.7 Å². The van der Waals surface area contributed by atoms with Gasteiger partial charge in [-0.2, -0.15) is 8.42 Å². The molecule has 2 rings (SSSR count). The highest BCUT2D eigenvalue weighted by Gasteiger charge is 2.59. The molecule has 0 bridgehead atoms. The number of hydrogen-bond donors (Lipinski definition) is 3. The molecule has 1 saturated heterocycles. The zero-order valence-electron chi connectivity index (χ0n) is 14.1. The Labute approximate surface area is 150 Å². The molecule has 0 radical (unpaired) electrons. The Morgan fingerprint density at radius 3 is 2.42 bits per heavy atom. The van der Waals surface area contributed by atoms with Crippen LogP contribution in [0.2, 0.25) is 0 Å². The Bertz CT molecular complexity index is 812. The van der Waals surface area contributed by atoms with Crippen molar-refractivity contribution in [2.45, 2.75) is 25.1 Å². The monoisotopic (exact) mass is 385 g/mol. The quantitative estimate of drug-likeness (QED) is 0.305. The van der Waals surface area contributed by atoms with Gasteiger partial charge in [-0.25, -0.2) is 4.31 Å². The van der Waals surface area contributed by atoms with Gasteiger partial charge in [0, 0.05) is 20.5 Å². The number of nitrogens with zero attached hydrogens (tertiary/aromatic N) is 1. The topological polar surface area (TPSA) is 142 Å². The van der Waals surface area contributed by atoms with Crippen LogP contribution in [0.5, 0.6) is 0 Å². The molecule has 3 amide bonds. The number of ether oxygens (including phenoxy) is 1. The Hall–Kier alpha value is -2.50. The molecule has 1 heterocycles. The van der Waals surface area contributed by atoms with E-state index in [9.17, 15) is 22.8 Å². The lowest BCUT2D eigenvalue weighted by atomic mass is 10.0. The summed E-state index contributed by atoms with van der Waals surface area (Å²) in [6, 6.07) is 7.87. The van der Waals surface area contributed by atoms with Crippen LogP contribution in [0.15, 0.2) is 30.3 Å². The number of β-lactam (4-membered cyclic amide) rings is 1. The van der Waals surface area contributed by atoms with Crippen LogP contribution in [0.25, 0.3) is 0 Å². The van der Waals surface area contributed by atoms with E-state index in [-0.39, 0.29) is 10.7 Å². The first-order valence-electron chi connectivity index (χ1n) is 7.57. The molecule has 1 aliphatic heterocycles. The molecule has 0 aliphatic carbocycles. The minimum Gasteiger partial charge on any atom is -0.349 e. The largest absolute Gasteiger partial charge is 0.362 e. The average Bonchev–Trinajstić information content (AvgIpc) is 2.56. The molecule has 0 unspecified atom stereocenters. The first-order valence-corrected chi connectivity index (χ1v) is 8.96. The lowest BCUT2D eigenvalue weighted by Gasteiger charge is -2.45. The molecule has 3 N–H and O–H groups in total. The minimum atomic E-state index is -4.74. The number of benzene rings is 1. The van der Waals surface area contributed by atoms with Crippen LogP contribution < -0.4 is 10.6 Å². The lowest BCUT2D eigenvalue weighted by molar-refractivity contribution is -0.180. The van der Waals surface area contributed by atoms with E-state index >= 15 is 0 Å². The standard InChI is InChI=1S/C15H19N3O7S/c1-10(19)16-12(8-11-6-4-3-5-7-11)13(20)17-15(25-2)9-18(14(15)21)26(22,23)24/h3-7,12H,8-9H2,1-2H3,(H,16,19)(H,17,20)(H,22,23,24)/t12-,15-/m1/s1. The Kier molecular flexibility index (Phi) is 5.64. The maximum absolute atomic E-state index is 12.6. The molecule has 142 valence electrons. The van der Waals surface area contributed by atoms with E-state index in [1.807, 2.05) is 0 Å². The van der Waals surface area contributed by atoms with Gasteiger partial charge in [-0.1, -0.05) is 30.3 Å². The first-order chi connectivity index (χ1) is 12.1. The van der Waals surface area contributed by atoms with Crippen LogP contribution in [0.4, 0.5) is 0 Å². The predicted octanol–water partition coefficient (Wildman–Crippen LogP) is -1.16. The van der Waals surface area contributed by atoms with E-state index in [2.05, 4.69) is 10.6 Å². The number of carbonyl (C=O) groups excluding carboxylic acids is 3. The number of rotatable bonds is 7. The molecule has 1 aromatic carbocycles. The molecule has 11 heteroatoms.